The van der Waals surface area contributed by atoms with E-state index in [9.17, 15) is 4.21 Å². The van der Waals surface area contributed by atoms with Gasteiger partial charge in [-0.3, -0.25) is 8.37 Å². The molecule has 0 amide bonds. The third-order valence-corrected chi connectivity index (χ3v) is 2.66. The van der Waals surface area contributed by atoms with Crippen LogP contribution in [-0.4, -0.2) is 17.4 Å². The van der Waals surface area contributed by atoms with Gasteiger partial charge in [-0.2, -0.15) is 4.21 Å². The Morgan fingerprint density at radius 1 is 1.15 bits per heavy atom. The molecule has 0 radical (unpaired) electrons. The van der Waals surface area contributed by atoms with Crippen LogP contribution in [0.3, 0.4) is 0 Å². The highest BCUT2D eigenvalue weighted by molar-refractivity contribution is 7.75. The highest BCUT2D eigenvalue weighted by Gasteiger charge is 2.20. The number of benzene rings is 1. The maximum absolute atomic E-state index is 10.7. The molecular formula is C9H10O3S. The van der Waals surface area contributed by atoms with Crippen molar-refractivity contribution >= 4 is 11.4 Å². The van der Waals surface area contributed by atoms with E-state index >= 15 is 0 Å². The van der Waals surface area contributed by atoms with Crippen molar-refractivity contribution in [3.05, 3.63) is 35.9 Å². The topological polar surface area (TPSA) is 35.5 Å². The van der Waals surface area contributed by atoms with E-state index in [1.165, 1.54) is 5.56 Å². The lowest BCUT2D eigenvalue weighted by atomic mass is 10.0. The minimum atomic E-state index is -1.53. The third-order valence-electron chi connectivity index (χ3n) is 2.00. The zero-order valence-corrected chi connectivity index (χ0v) is 7.83. The Morgan fingerprint density at radius 3 is 2.38 bits per heavy atom. The minimum Gasteiger partial charge on any atom is -0.268 e. The first-order valence-corrected chi connectivity index (χ1v) is 5.09. The van der Waals surface area contributed by atoms with Gasteiger partial charge >= 0.3 is 11.4 Å². The molecule has 13 heavy (non-hydrogen) atoms. The first-order chi connectivity index (χ1) is 6.36. The molecule has 70 valence electrons. The van der Waals surface area contributed by atoms with E-state index in [1.807, 2.05) is 30.3 Å². The van der Waals surface area contributed by atoms with Crippen LogP contribution in [0.2, 0.25) is 0 Å². The van der Waals surface area contributed by atoms with Gasteiger partial charge in [-0.25, -0.2) is 0 Å². The molecule has 1 aromatic rings. The number of rotatable bonds is 1. The van der Waals surface area contributed by atoms with E-state index in [4.69, 9.17) is 8.37 Å². The van der Waals surface area contributed by atoms with E-state index in [0.717, 1.165) is 0 Å². The molecule has 0 bridgehead atoms. The van der Waals surface area contributed by atoms with Gasteiger partial charge in [0.1, 0.15) is 0 Å². The van der Waals surface area contributed by atoms with Crippen LogP contribution in [0, 0.1) is 0 Å². The van der Waals surface area contributed by atoms with Gasteiger partial charge < -0.3 is 0 Å². The van der Waals surface area contributed by atoms with Gasteiger partial charge in [0.05, 0.1) is 13.2 Å². The fraction of sp³-hybridized carbons (Fsp3) is 0.333. The Balaban J connectivity index is 2.07. The molecule has 1 aliphatic rings. The fourth-order valence-corrected chi connectivity index (χ4v) is 1.89. The summed E-state index contributed by atoms with van der Waals surface area (Å²) in [5.41, 5.74) is 1.17. The summed E-state index contributed by atoms with van der Waals surface area (Å²) in [6.45, 7) is 0.938. The summed E-state index contributed by atoms with van der Waals surface area (Å²) in [5.74, 6) is 0.207. The lowest BCUT2D eigenvalue weighted by Crippen LogP contribution is -2.22. The zero-order valence-electron chi connectivity index (χ0n) is 7.01. The predicted molar refractivity (Wildman–Crippen MR) is 49.2 cm³/mol. The van der Waals surface area contributed by atoms with Crippen LogP contribution < -0.4 is 0 Å². The van der Waals surface area contributed by atoms with E-state index in [2.05, 4.69) is 0 Å². The quantitative estimate of drug-likeness (QED) is 0.684. The fourth-order valence-electron chi connectivity index (χ4n) is 1.28. The Kier molecular flexibility index (Phi) is 2.73. The zero-order chi connectivity index (χ0) is 9.10. The normalized spacial score (nSPS) is 28.6. The van der Waals surface area contributed by atoms with Crippen LogP contribution in [-0.2, 0) is 19.7 Å². The second-order valence-electron chi connectivity index (χ2n) is 2.88. The van der Waals surface area contributed by atoms with Gasteiger partial charge in [-0.1, -0.05) is 30.3 Å². The van der Waals surface area contributed by atoms with E-state index in [-0.39, 0.29) is 5.92 Å². The minimum absolute atomic E-state index is 0.207. The van der Waals surface area contributed by atoms with Crippen molar-refractivity contribution in [2.75, 3.05) is 13.2 Å². The molecule has 3 nitrogen and oxygen atoms in total. The summed E-state index contributed by atoms with van der Waals surface area (Å²) in [6.07, 6.45) is 0. The summed E-state index contributed by atoms with van der Waals surface area (Å²) < 4.78 is 20.5. The molecule has 1 aromatic carbocycles. The molecule has 0 aliphatic carbocycles. The molecule has 1 aliphatic heterocycles. The van der Waals surface area contributed by atoms with Crippen molar-refractivity contribution in [1.82, 2.24) is 0 Å². The molecule has 0 N–H and O–H groups in total. The van der Waals surface area contributed by atoms with Crippen LogP contribution in [0.1, 0.15) is 11.5 Å². The summed E-state index contributed by atoms with van der Waals surface area (Å²) in [4.78, 5) is 0. The number of hydrogen-bond donors (Lipinski definition) is 0. The smallest absolute Gasteiger partial charge is 0.268 e. The van der Waals surface area contributed by atoms with Crippen LogP contribution >= 0.6 is 0 Å². The molecule has 0 atom stereocenters. The van der Waals surface area contributed by atoms with Crippen molar-refractivity contribution < 1.29 is 12.6 Å². The number of hydrogen-bond acceptors (Lipinski definition) is 3. The summed E-state index contributed by atoms with van der Waals surface area (Å²) in [7, 11) is 0. The van der Waals surface area contributed by atoms with Gasteiger partial charge in [0.25, 0.3) is 0 Å². The van der Waals surface area contributed by atoms with Crippen LogP contribution in [0.5, 0.6) is 0 Å². The molecule has 0 unspecified atom stereocenters. The van der Waals surface area contributed by atoms with E-state index < -0.39 is 11.4 Å². The highest BCUT2D eigenvalue weighted by Crippen LogP contribution is 2.20. The first-order valence-electron chi connectivity index (χ1n) is 4.09. The lowest BCUT2D eigenvalue weighted by molar-refractivity contribution is 0.160. The van der Waals surface area contributed by atoms with Crippen molar-refractivity contribution in [1.29, 1.82) is 0 Å². The molecule has 2 rings (SSSR count). The Labute approximate surface area is 79.5 Å². The molecule has 4 heteroatoms. The largest absolute Gasteiger partial charge is 0.304 e. The summed E-state index contributed by atoms with van der Waals surface area (Å²) >= 11 is -1.53. The predicted octanol–water partition coefficient (Wildman–Crippen LogP) is 1.40. The maximum Gasteiger partial charge on any atom is 0.304 e. The van der Waals surface area contributed by atoms with Crippen molar-refractivity contribution in [3.8, 4) is 0 Å². The van der Waals surface area contributed by atoms with Crippen LogP contribution in [0.25, 0.3) is 0 Å². The third kappa shape index (κ3) is 2.15. The molecule has 0 spiro atoms. The maximum atomic E-state index is 10.7. The first kappa shape index (κ1) is 8.87. The van der Waals surface area contributed by atoms with Gasteiger partial charge in [-0.05, 0) is 5.56 Å². The molecular weight excluding hydrogens is 188 g/mol. The summed E-state index contributed by atoms with van der Waals surface area (Å²) in [5, 5.41) is 0. The molecule has 1 heterocycles. The Morgan fingerprint density at radius 2 is 1.77 bits per heavy atom. The lowest BCUT2D eigenvalue weighted by Gasteiger charge is -2.20. The SMILES string of the molecule is O=S1OCC(c2ccccc2)CO1. The van der Waals surface area contributed by atoms with Gasteiger partial charge in [-0.15, -0.1) is 0 Å². The molecule has 1 fully saturated rings. The average molecular weight is 198 g/mol. The van der Waals surface area contributed by atoms with Gasteiger partial charge in [0, 0.05) is 5.92 Å². The van der Waals surface area contributed by atoms with Crippen molar-refractivity contribution in [2.24, 2.45) is 0 Å². The second kappa shape index (κ2) is 4.00. The average Bonchev–Trinajstić information content (AvgIpc) is 2.20. The van der Waals surface area contributed by atoms with Crippen molar-refractivity contribution in [3.63, 3.8) is 0 Å². The van der Waals surface area contributed by atoms with Gasteiger partial charge in [0.15, 0.2) is 0 Å². The standard InChI is InChI=1S/C9H10O3S/c10-13-11-6-9(7-12-13)8-4-2-1-3-5-8/h1-5,9H,6-7H2. The summed E-state index contributed by atoms with van der Waals surface area (Å²) in [6, 6.07) is 9.95. The van der Waals surface area contributed by atoms with Gasteiger partial charge in [0.2, 0.25) is 0 Å². The molecule has 1 saturated heterocycles. The van der Waals surface area contributed by atoms with E-state index in [0.29, 0.717) is 13.2 Å². The Hall–Kier alpha value is -0.710. The second-order valence-corrected chi connectivity index (χ2v) is 3.76. The highest BCUT2D eigenvalue weighted by atomic mass is 32.2. The van der Waals surface area contributed by atoms with Crippen LogP contribution in [0.4, 0.5) is 0 Å². The van der Waals surface area contributed by atoms with E-state index in [1.54, 1.807) is 0 Å². The molecule has 0 saturated carbocycles. The Bertz CT molecular complexity index is 289. The van der Waals surface area contributed by atoms with Crippen LogP contribution in [0.15, 0.2) is 30.3 Å². The van der Waals surface area contributed by atoms with Crippen molar-refractivity contribution in [2.45, 2.75) is 5.92 Å². The molecule has 0 aromatic heterocycles. The monoisotopic (exact) mass is 198 g/mol.